The Hall–Kier alpha value is -0.0800. The Morgan fingerprint density at radius 3 is 2.55 bits per heavy atom. The maximum Gasteiger partial charge on any atom is 0.0574 e. The molecule has 2 nitrogen and oxygen atoms in total. The van der Waals surface area contributed by atoms with Crippen molar-refractivity contribution in [3.63, 3.8) is 0 Å². The van der Waals surface area contributed by atoms with Crippen LogP contribution in [0.1, 0.15) is 19.8 Å². The van der Waals surface area contributed by atoms with Crippen molar-refractivity contribution >= 4 is 0 Å². The van der Waals surface area contributed by atoms with Crippen LogP contribution in [-0.2, 0) is 0 Å². The zero-order valence-corrected chi connectivity index (χ0v) is 6.90. The molecule has 0 aliphatic heterocycles. The van der Waals surface area contributed by atoms with Gasteiger partial charge in [0.05, 0.1) is 6.10 Å². The Bertz CT molecular complexity index is 158. The fourth-order valence-electron chi connectivity index (χ4n) is 3.02. The SMILES string of the molecule is C[C@H]1[C@@H]2CC(O)[C@@H](C2)[C@H]1CO. The van der Waals surface area contributed by atoms with Crippen LogP contribution in [0.5, 0.6) is 0 Å². The van der Waals surface area contributed by atoms with Gasteiger partial charge in [0, 0.05) is 6.61 Å². The van der Waals surface area contributed by atoms with Crippen LogP contribution in [0.15, 0.2) is 0 Å². The molecule has 0 amide bonds. The summed E-state index contributed by atoms with van der Waals surface area (Å²) in [5.74, 6) is 2.10. The van der Waals surface area contributed by atoms with E-state index >= 15 is 0 Å². The lowest BCUT2D eigenvalue weighted by molar-refractivity contribution is 0.0309. The molecule has 0 radical (unpaired) electrons. The summed E-state index contributed by atoms with van der Waals surface area (Å²) in [5.41, 5.74) is 0. The van der Waals surface area contributed by atoms with Gasteiger partial charge in [-0.3, -0.25) is 0 Å². The van der Waals surface area contributed by atoms with E-state index in [9.17, 15) is 5.11 Å². The monoisotopic (exact) mass is 156 g/mol. The molecule has 2 fully saturated rings. The topological polar surface area (TPSA) is 40.5 Å². The van der Waals surface area contributed by atoms with E-state index in [0.717, 1.165) is 12.8 Å². The van der Waals surface area contributed by atoms with E-state index in [1.165, 1.54) is 0 Å². The Morgan fingerprint density at radius 2 is 2.09 bits per heavy atom. The Labute approximate surface area is 67.2 Å². The Morgan fingerprint density at radius 1 is 1.36 bits per heavy atom. The van der Waals surface area contributed by atoms with Gasteiger partial charge in [0.25, 0.3) is 0 Å². The molecule has 0 aromatic heterocycles. The van der Waals surface area contributed by atoms with Gasteiger partial charge in [-0.25, -0.2) is 0 Å². The second-order valence-electron chi connectivity index (χ2n) is 4.17. The summed E-state index contributed by atoms with van der Waals surface area (Å²) in [6.07, 6.45) is 2.00. The lowest BCUT2D eigenvalue weighted by atomic mass is 9.79. The van der Waals surface area contributed by atoms with Crippen molar-refractivity contribution < 1.29 is 10.2 Å². The van der Waals surface area contributed by atoms with E-state index < -0.39 is 0 Å². The molecule has 0 aromatic rings. The zero-order chi connectivity index (χ0) is 8.01. The molecule has 2 N–H and O–H groups in total. The van der Waals surface area contributed by atoms with Crippen molar-refractivity contribution in [2.24, 2.45) is 23.7 Å². The van der Waals surface area contributed by atoms with Crippen LogP contribution in [0, 0.1) is 23.7 Å². The number of hydrogen-bond acceptors (Lipinski definition) is 2. The summed E-state index contributed by atoms with van der Waals surface area (Å²) in [6.45, 7) is 2.47. The van der Waals surface area contributed by atoms with Crippen molar-refractivity contribution in [3.8, 4) is 0 Å². The summed E-state index contributed by atoms with van der Waals surface area (Å²) >= 11 is 0. The van der Waals surface area contributed by atoms with Gasteiger partial charge in [0.15, 0.2) is 0 Å². The molecule has 2 aliphatic carbocycles. The Kier molecular flexibility index (Phi) is 1.69. The summed E-state index contributed by atoms with van der Waals surface area (Å²) in [5, 5.41) is 18.6. The molecule has 0 aromatic carbocycles. The highest BCUT2D eigenvalue weighted by Crippen LogP contribution is 2.51. The lowest BCUT2D eigenvalue weighted by Crippen LogP contribution is -2.31. The molecule has 2 heteroatoms. The van der Waals surface area contributed by atoms with Crippen molar-refractivity contribution in [3.05, 3.63) is 0 Å². The van der Waals surface area contributed by atoms with Crippen LogP contribution in [0.4, 0.5) is 0 Å². The highest BCUT2D eigenvalue weighted by atomic mass is 16.3. The third kappa shape index (κ3) is 0.926. The third-order valence-corrected chi connectivity index (χ3v) is 3.79. The maximum absolute atomic E-state index is 9.53. The summed E-state index contributed by atoms with van der Waals surface area (Å²) < 4.78 is 0. The van der Waals surface area contributed by atoms with Gasteiger partial charge >= 0.3 is 0 Å². The van der Waals surface area contributed by atoms with Gasteiger partial charge in [0.1, 0.15) is 0 Å². The fourth-order valence-corrected chi connectivity index (χ4v) is 3.02. The standard InChI is InChI=1S/C9H16O2/c1-5-6-2-7(8(5)4-10)9(11)3-6/h5-11H,2-4H2,1H3/t5-,6-,7-,8-,9?/m0/s1. The molecule has 0 spiro atoms. The first-order valence-electron chi connectivity index (χ1n) is 4.53. The molecule has 2 rings (SSSR count). The van der Waals surface area contributed by atoms with E-state index in [2.05, 4.69) is 6.92 Å². The molecular weight excluding hydrogens is 140 g/mol. The van der Waals surface area contributed by atoms with Crippen molar-refractivity contribution in [2.45, 2.75) is 25.9 Å². The van der Waals surface area contributed by atoms with Crippen molar-refractivity contribution in [2.75, 3.05) is 6.61 Å². The van der Waals surface area contributed by atoms with E-state index in [1.54, 1.807) is 0 Å². The predicted molar refractivity (Wildman–Crippen MR) is 42.0 cm³/mol. The molecule has 1 unspecified atom stereocenters. The van der Waals surface area contributed by atoms with E-state index in [0.29, 0.717) is 23.7 Å². The molecular formula is C9H16O2. The predicted octanol–water partition coefficient (Wildman–Crippen LogP) is 0.632. The van der Waals surface area contributed by atoms with Crippen LogP contribution in [0.25, 0.3) is 0 Å². The van der Waals surface area contributed by atoms with Crippen molar-refractivity contribution in [1.82, 2.24) is 0 Å². The highest BCUT2D eigenvalue weighted by Gasteiger charge is 2.49. The first kappa shape index (κ1) is 7.56. The fraction of sp³-hybridized carbons (Fsp3) is 1.00. The van der Waals surface area contributed by atoms with Crippen LogP contribution < -0.4 is 0 Å². The normalized spacial score (nSPS) is 55.4. The largest absolute Gasteiger partial charge is 0.396 e. The van der Waals surface area contributed by atoms with Gasteiger partial charge in [-0.05, 0) is 36.5 Å². The molecule has 2 aliphatic rings. The minimum absolute atomic E-state index is 0.117. The number of aliphatic hydroxyl groups excluding tert-OH is 2. The second kappa shape index (κ2) is 2.46. The number of fused-ring (bicyclic) bond motifs is 2. The van der Waals surface area contributed by atoms with Gasteiger partial charge < -0.3 is 10.2 Å². The number of rotatable bonds is 1. The quantitative estimate of drug-likeness (QED) is 0.584. The summed E-state index contributed by atoms with van der Waals surface area (Å²) in [7, 11) is 0. The van der Waals surface area contributed by atoms with Crippen molar-refractivity contribution in [1.29, 1.82) is 0 Å². The van der Waals surface area contributed by atoms with E-state index in [4.69, 9.17) is 5.11 Å². The molecule has 0 saturated heterocycles. The van der Waals surface area contributed by atoms with Gasteiger partial charge in [-0.15, -0.1) is 0 Å². The average Bonchev–Trinajstić information content (AvgIpc) is 2.45. The minimum Gasteiger partial charge on any atom is -0.396 e. The first-order valence-corrected chi connectivity index (χ1v) is 4.53. The second-order valence-corrected chi connectivity index (χ2v) is 4.17. The number of aliphatic hydroxyl groups is 2. The van der Waals surface area contributed by atoms with Gasteiger partial charge in [0.2, 0.25) is 0 Å². The smallest absolute Gasteiger partial charge is 0.0574 e. The molecule has 5 atom stereocenters. The molecule has 2 bridgehead atoms. The first-order chi connectivity index (χ1) is 5.24. The van der Waals surface area contributed by atoms with Crippen LogP contribution in [-0.4, -0.2) is 22.9 Å². The average molecular weight is 156 g/mol. The van der Waals surface area contributed by atoms with E-state index in [1.807, 2.05) is 0 Å². The zero-order valence-electron chi connectivity index (χ0n) is 6.90. The third-order valence-electron chi connectivity index (χ3n) is 3.79. The van der Waals surface area contributed by atoms with Crippen LogP contribution in [0.2, 0.25) is 0 Å². The van der Waals surface area contributed by atoms with Crippen LogP contribution >= 0.6 is 0 Å². The Balaban J connectivity index is 2.13. The maximum atomic E-state index is 9.53. The summed E-state index contributed by atoms with van der Waals surface area (Å²) in [6, 6.07) is 0. The molecule has 64 valence electrons. The van der Waals surface area contributed by atoms with Gasteiger partial charge in [-0.2, -0.15) is 0 Å². The molecule has 2 saturated carbocycles. The highest BCUT2D eigenvalue weighted by molar-refractivity contribution is 4.98. The number of hydrogen-bond donors (Lipinski definition) is 2. The van der Waals surface area contributed by atoms with E-state index in [-0.39, 0.29) is 12.7 Å². The lowest BCUT2D eigenvalue weighted by Gasteiger charge is -2.29. The minimum atomic E-state index is -0.117. The van der Waals surface area contributed by atoms with Gasteiger partial charge in [-0.1, -0.05) is 6.92 Å². The molecule has 11 heavy (non-hydrogen) atoms. The van der Waals surface area contributed by atoms with Crippen LogP contribution in [0.3, 0.4) is 0 Å². The molecule has 0 heterocycles. The summed E-state index contributed by atoms with van der Waals surface area (Å²) in [4.78, 5) is 0.